The summed E-state index contributed by atoms with van der Waals surface area (Å²) in [7, 11) is -3.72. The molecule has 1 aliphatic rings. The molecule has 1 aliphatic carbocycles. The summed E-state index contributed by atoms with van der Waals surface area (Å²) in [4.78, 5) is 0.163. The van der Waals surface area contributed by atoms with E-state index < -0.39 is 15.7 Å². The summed E-state index contributed by atoms with van der Waals surface area (Å²) < 4.78 is 29.2. The van der Waals surface area contributed by atoms with Crippen molar-refractivity contribution in [3.8, 4) is 0 Å². The molecule has 5 nitrogen and oxygen atoms in total. The lowest BCUT2D eigenvalue weighted by Crippen LogP contribution is -2.38. The van der Waals surface area contributed by atoms with Gasteiger partial charge in [0.05, 0.1) is 23.7 Å². The molecule has 0 radical (unpaired) electrons. The Labute approximate surface area is 125 Å². The van der Waals surface area contributed by atoms with E-state index in [0.29, 0.717) is 25.7 Å². The minimum Gasteiger partial charge on any atom is -0.393 e. The second kappa shape index (κ2) is 6.44. The predicted octanol–water partition coefficient (Wildman–Crippen LogP) is 1.61. The van der Waals surface area contributed by atoms with Gasteiger partial charge in [0.1, 0.15) is 0 Å². The van der Waals surface area contributed by atoms with Crippen LogP contribution in [0, 0.1) is 12.8 Å². The van der Waals surface area contributed by atoms with Crippen LogP contribution in [-0.4, -0.2) is 37.4 Å². The van der Waals surface area contributed by atoms with Crippen molar-refractivity contribution in [3.63, 3.8) is 0 Å². The highest BCUT2D eigenvalue weighted by molar-refractivity contribution is 7.86. The molecule has 1 aromatic rings. The molecule has 0 bridgehead atoms. The lowest BCUT2D eigenvalue weighted by molar-refractivity contribution is -0.0548. The number of benzene rings is 1. The van der Waals surface area contributed by atoms with Crippen LogP contribution in [0.15, 0.2) is 29.2 Å². The number of hydrogen-bond donors (Lipinski definition) is 2. The lowest BCUT2D eigenvalue weighted by atomic mass is 9.80. The third-order valence-corrected chi connectivity index (χ3v) is 5.39. The van der Waals surface area contributed by atoms with Gasteiger partial charge in [-0.25, -0.2) is 0 Å². The molecule has 0 saturated heterocycles. The van der Waals surface area contributed by atoms with Crippen LogP contribution in [0.2, 0.25) is 0 Å². The fourth-order valence-corrected chi connectivity index (χ4v) is 3.48. The Bertz CT molecular complexity index is 556. The van der Waals surface area contributed by atoms with Crippen molar-refractivity contribution >= 4 is 10.1 Å². The molecule has 2 N–H and O–H groups in total. The maximum Gasteiger partial charge on any atom is 0.296 e. The van der Waals surface area contributed by atoms with Crippen molar-refractivity contribution in [2.24, 2.45) is 5.92 Å². The first-order valence-corrected chi connectivity index (χ1v) is 8.55. The van der Waals surface area contributed by atoms with Gasteiger partial charge in [0.15, 0.2) is 0 Å². The van der Waals surface area contributed by atoms with Crippen molar-refractivity contribution in [1.82, 2.24) is 0 Å². The Morgan fingerprint density at radius 3 is 2.33 bits per heavy atom. The Kier molecular flexibility index (Phi) is 5.03. The maximum absolute atomic E-state index is 12.1. The average Bonchev–Trinajstić information content (AvgIpc) is 2.47. The van der Waals surface area contributed by atoms with E-state index in [1.165, 1.54) is 12.1 Å². The summed E-state index contributed by atoms with van der Waals surface area (Å²) in [6.07, 6.45) is 2.26. The van der Waals surface area contributed by atoms with Crippen LogP contribution in [0.25, 0.3) is 0 Å². The summed E-state index contributed by atoms with van der Waals surface area (Å²) in [5.41, 5.74) is -0.0173. The van der Waals surface area contributed by atoms with Gasteiger partial charge in [0.2, 0.25) is 0 Å². The number of rotatable bonds is 5. The van der Waals surface area contributed by atoms with Crippen molar-refractivity contribution in [3.05, 3.63) is 29.8 Å². The molecule has 2 rings (SSSR count). The van der Waals surface area contributed by atoms with Crippen molar-refractivity contribution < 1.29 is 22.8 Å². The molecule has 1 saturated carbocycles. The van der Waals surface area contributed by atoms with Gasteiger partial charge in [-0.3, -0.25) is 4.18 Å². The Hall–Kier alpha value is -0.950. The van der Waals surface area contributed by atoms with Crippen LogP contribution in [-0.2, 0) is 14.3 Å². The second-order valence-corrected chi connectivity index (χ2v) is 7.49. The Morgan fingerprint density at radius 2 is 1.81 bits per heavy atom. The molecule has 0 amide bonds. The SMILES string of the molecule is Cc1ccc(S(=O)(=O)OC[C@H]2CC[C@](O)(CO)CC2)cc1. The van der Waals surface area contributed by atoms with Gasteiger partial charge in [0, 0.05) is 0 Å². The van der Waals surface area contributed by atoms with E-state index in [1.807, 2.05) is 6.92 Å². The molecule has 0 spiro atoms. The fraction of sp³-hybridized carbons (Fsp3) is 0.600. The van der Waals surface area contributed by atoms with E-state index in [2.05, 4.69) is 0 Å². The molecule has 0 aliphatic heterocycles. The van der Waals surface area contributed by atoms with Gasteiger partial charge in [0.25, 0.3) is 10.1 Å². The van der Waals surface area contributed by atoms with Gasteiger partial charge in [-0.05, 0) is 50.7 Å². The zero-order valence-corrected chi connectivity index (χ0v) is 13.0. The largest absolute Gasteiger partial charge is 0.393 e. The molecule has 118 valence electrons. The highest BCUT2D eigenvalue weighted by atomic mass is 32.2. The molecule has 0 heterocycles. The van der Waals surface area contributed by atoms with Crippen LogP contribution < -0.4 is 0 Å². The predicted molar refractivity (Wildman–Crippen MR) is 78.3 cm³/mol. The van der Waals surface area contributed by atoms with Gasteiger partial charge in [-0.2, -0.15) is 8.42 Å². The summed E-state index contributed by atoms with van der Waals surface area (Å²) >= 11 is 0. The average molecular weight is 314 g/mol. The molecule has 0 atom stereocenters. The van der Waals surface area contributed by atoms with Crippen molar-refractivity contribution in [2.75, 3.05) is 13.2 Å². The van der Waals surface area contributed by atoms with E-state index in [0.717, 1.165) is 5.56 Å². The van der Waals surface area contributed by atoms with E-state index in [1.54, 1.807) is 12.1 Å². The quantitative estimate of drug-likeness (QED) is 0.807. The zero-order valence-electron chi connectivity index (χ0n) is 12.2. The van der Waals surface area contributed by atoms with Crippen LogP contribution in [0.1, 0.15) is 31.2 Å². The molecule has 6 heteroatoms. The minimum absolute atomic E-state index is 0.0945. The van der Waals surface area contributed by atoms with Crippen LogP contribution in [0.3, 0.4) is 0 Å². The molecule has 1 aromatic carbocycles. The van der Waals surface area contributed by atoms with E-state index in [9.17, 15) is 13.5 Å². The first-order valence-electron chi connectivity index (χ1n) is 7.14. The number of aryl methyl sites for hydroxylation is 1. The van der Waals surface area contributed by atoms with Crippen LogP contribution >= 0.6 is 0 Å². The Balaban J connectivity index is 1.90. The lowest BCUT2D eigenvalue weighted by Gasteiger charge is -2.34. The van der Waals surface area contributed by atoms with Gasteiger partial charge >= 0.3 is 0 Å². The first-order chi connectivity index (χ1) is 9.85. The van der Waals surface area contributed by atoms with Gasteiger partial charge in [-0.15, -0.1) is 0 Å². The van der Waals surface area contributed by atoms with Crippen molar-refractivity contribution in [1.29, 1.82) is 0 Å². The topological polar surface area (TPSA) is 83.8 Å². The van der Waals surface area contributed by atoms with E-state index >= 15 is 0 Å². The van der Waals surface area contributed by atoms with Gasteiger partial charge in [-0.1, -0.05) is 17.7 Å². The molecular weight excluding hydrogens is 292 g/mol. The molecule has 0 unspecified atom stereocenters. The molecule has 0 aromatic heterocycles. The van der Waals surface area contributed by atoms with Crippen LogP contribution in [0.5, 0.6) is 0 Å². The number of aliphatic hydroxyl groups is 2. The smallest absolute Gasteiger partial charge is 0.296 e. The Morgan fingerprint density at radius 1 is 1.24 bits per heavy atom. The highest BCUT2D eigenvalue weighted by Crippen LogP contribution is 2.32. The molecule has 21 heavy (non-hydrogen) atoms. The van der Waals surface area contributed by atoms with Crippen molar-refractivity contribution in [2.45, 2.75) is 43.1 Å². The third-order valence-electron chi connectivity index (χ3n) is 4.10. The maximum atomic E-state index is 12.1. The number of hydrogen-bond acceptors (Lipinski definition) is 5. The zero-order chi connectivity index (χ0) is 15.5. The first kappa shape index (κ1) is 16.4. The standard InChI is InChI=1S/C15H22O5S/c1-12-2-4-14(5-3-12)21(18,19)20-10-13-6-8-15(17,11-16)9-7-13/h2-5,13,16-17H,6-11H2,1H3/t13-,15+. The number of aliphatic hydroxyl groups excluding tert-OH is 1. The van der Waals surface area contributed by atoms with Crippen LogP contribution in [0.4, 0.5) is 0 Å². The normalized spacial score (nSPS) is 26.7. The molecule has 1 fully saturated rings. The summed E-state index contributed by atoms with van der Waals surface area (Å²) in [6.45, 7) is 1.77. The summed E-state index contributed by atoms with van der Waals surface area (Å²) in [6, 6.07) is 6.54. The van der Waals surface area contributed by atoms with E-state index in [4.69, 9.17) is 9.29 Å². The third kappa shape index (κ3) is 4.26. The molecular formula is C15H22O5S. The minimum atomic E-state index is -3.72. The highest BCUT2D eigenvalue weighted by Gasteiger charge is 2.33. The fourth-order valence-electron chi connectivity index (χ4n) is 2.50. The summed E-state index contributed by atoms with van der Waals surface area (Å²) in [5, 5.41) is 19.0. The second-order valence-electron chi connectivity index (χ2n) is 5.88. The monoisotopic (exact) mass is 314 g/mol. The summed E-state index contributed by atoms with van der Waals surface area (Å²) in [5.74, 6) is 0.0945. The van der Waals surface area contributed by atoms with E-state index in [-0.39, 0.29) is 24.0 Å². The van der Waals surface area contributed by atoms with Gasteiger partial charge < -0.3 is 10.2 Å².